The largest absolute Gasteiger partial charge is 0.546 e. The van der Waals surface area contributed by atoms with E-state index in [0.717, 1.165) is 5.76 Å². The Bertz CT molecular complexity index is 156. The average molecular weight is 265 g/mol. The molecule has 78 valence electrons. The third kappa shape index (κ3) is 3.86. The first kappa shape index (κ1) is 13.2. The summed E-state index contributed by atoms with van der Waals surface area (Å²) >= 11 is 3.48. The predicted octanol–water partition coefficient (Wildman–Crippen LogP) is 4.31. The van der Waals surface area contributed by atoms with Crippen molar-refractivity contribution in [2.75, 3.05) is 0 Å². The molecule has 0 spiro atoms. The Kier molecular flexibility index (Phi) is 5.97. The van der Waals surface area contributed by atoms with Crippen molar-refractivity contribution in [3.63, 3.8) is 0 Å². The lowest BCUT2D eigenvalue weighted by molar-refractivity contribution is 0.397. The van der Waals surface area contributed by atoms with Gasteiger partial charge in [-0.3, -0.25) is 0 Å². The molecule has 0 heterocycles. The Morgan fingerprint density at radius 2 is 1.69 bits per heavy atom. The van der Waals surface area contributed by atoms with E-state index in [9.17, 15) is 0 Å². The summed E-state index contributed by atoms with van der Waals surface area (Å²) in [5, 5.41) is 0. The minimum atomic E-state index is -1.47. The molecule has 0 aromatic heterocycles. The highest BCUT2D eigenvalue weighted by Gasteiger charge is 2.31. The third-order valence-corrected chi connectivity index (χ3v) is 7.80. The summed E-state index contributed by atoms with van der Waals surface area (Å²) in [5.41, 5.74) is 0. The van der Waals surface area contributed by atoms with E-state index in [-0.39, 0.29) is 4.83 Å². The van der Waals surface area contributed by atoms with Crippen LogP contribution in [-0.2, 0) is 4.43 Å². The van der Waals surface area contributed by atoms with E-state index in [0.29, 0.717) is 0 Å². The van der Waals surface area contributed by atoms with Crippen LogP contribution in [0.15, 0.2) is 12.3 Å². The van der Waals surface area contributed by atoms with Crippen LogP contribution in [0.2, 0.25) is 18.1 Å². The molecule has 3 heteroatoms. The monoisotopic (exact) mass is 264 g/mol. The zero-order valence-corrected chi connectivity index (χ0v) is 11.8. The molecule has 0 aliphatic heterocycles. The smallest absolute Gasteiger partial charge is 0.250 e. The molecule has 0 fully saturated rings. The van der Waals surface area contributed by atoms with Gasteiger partial charge in [0.15, 0.2) is 0 Å². The first-order valence-electron chi connectivity index (χ1n) is 5.03. The van der Waals surface area contributed by atoms with Gasteiger partial charge < -0.3 is 4.43 Å². The fourth-order valence-corrected chi connectivity index (χ4v) is 4.26. The van der Waals surface area contributed by atoms with E-state index in [2.05, 4.69) is 50.2 Å². The van der Waals surface area contributed by atoms with Crippen molar-refractivity contribution in [3.05, 3.63) is 12.3 Å². The van der Waals surface area contributed by atoms with E-state index in [4.69, 9.17) is 4.43 Å². The molecule has 0 radical (unpaired) electrons. The summed E-state index contributed by atoms with van der Waals surface area (Å²) in [4.78, 5) is 0.268. The molecule has 0 saturated heterocycles. The maximum atomic E-state index is 6.04. The van der Waals surface area contributed by atoms with Gasteiger partial charge in [-0.25, -0.2) is 0 Å². The van der Waals surface area contributed by atoms with Crippen molar-refractivity contribution in [2.24, 2.45) is 0 Å². The van der Waals surface area contributed by atoms with Crippen LogP contribution in [-0.4, -0.2) is 13.1 Å². The standard InChI is InChI=1S/C10H21BrOSi/c1-6-13(7-2,8-3)12-10(5)9(4)11/h9H,5-8H2,1-4H3. The molecular weight excluding hydrogens is 244 g/mol. The second-order valence-corrected chi connectivity index (χ2v) is 9.49. The van der Waals surface area contributed by atoms with Crippen LogP contribution < -0.4 is 0 Å². The molecule has 0 bridgehead atoms. The lowest BCUT2D eigenvalue weighted by Crippen LogP contribution is -2.36. The third-order valence-electron chi connectivity index (χ3n) is 2.72. The van der Waals surface area contributed by atoms with Crippen molar-refractivity contribution < 1.29 is 4.43 Å². The number of allylic oxidation sites excluding steroid dienone is 1. The first-order valence-corrected chi connectivity index (χ1v) is 8.47. The van der Waals surface area contributed by atoms with Crippen molar-refractivity contribution in [1.82, 2.24) is 0 Å². The SMILES string of the molecule is C=C(O[Si](CC)(CC)CC)C(C)Br. The van der Waals surface area contributed by atoms with Crippen LogP contribution >= 0.6 is 15.9 Å². The second kappa shape index (κ2) is 5.86. The highest BCUT2D eigenvalue weighted by atomic mass is 79.9. The Balaban J connectivity index is 4.33. The summed E-state index contributed by atoms with van der Waals surface area (Å²) in [6.45, 7) is 12.7. The predicted molar refractivity (Wildman–Crippen MR) is 65.8 cm³/mol. The topological polar surface area (TPSA) is 9.23 Å². The molecule has 0 N–H and O–H groups in total. The fraction of sp³-hybridized carbons (Fsp3) is 0.800. The quantitative estimate of drug-likeness (QED) is 0.395. The molecule has 0 aliphatic rings. The maximum Gasteiger partial charge on any atom is 0.250 e. The lowest BCUT2D eigenvalue weighted by Gasteiger charge is -2.30. The van der Waals surface area contributed by atoms with Gasteiger partial charge in [0.1, 0.15) is 0 Å². The zero-order valence-electron chi connectivity index (χ0n) is 9.19. The van der Waals surface area contributed by atoms with Gasteiger partial charge in [-0.2, -0.15) is 0 Å². The van der Waals surface area contributed by atoms with Crippen molar-refractivity contribution in [3.8, 4) is 0 Å². The van der Waals surface area contributed by atoms with Crippen LogP contribution in [0.4, 0.5) is 0 Å². The Hall–Kier alpha value is 0.237. The minimum Gasteiger partial charge on any atom is -0.546 e. The molecule has 0 amide bonds. The molecule has 1 unspecified atom stereocenters. The minimum absolute atomic E-state index is 0.268. The van der Waals surface area contributed by atoms with Crippen molar-refractivity contribution >= 4 is 24.2 Å². The summed E-state index contributed by atoms with van der Waals surface area (Å²) in [6, 6.07) is 3.54. The van der Waals surface area contributed by atoms with Gasteiger partial charge in [-0.05, 0) is 25.1 Å². The first-order chi connectivity index (χ1) is 6.01. The molecule has 0 aromatic rings. The molecule has 1 nitrogen and oxygen atoms in total. The van der Waals surface area contributed by atoms with Crippen LogP contribution in [0.3, 0.4) is 0 Å². The molecule has 1 atom stereocenters. The van der Waals surface area contributed by atoms with Crippen LogP contribution in [0, 0.1) is 0 Å². The summed E-state index contributed by atoms with van der Waals surface area (Å²) in [5.74, 6) is 0.900. The highest BCUT2D eigenvalue weighted by molar-refractivity contribution is 9.09. The van der Waals surface area contributed by atoms with Crippen LogP contribution in [0.5, 0.6) is 0 Å². The number of rotatable bonds is 6. The molecule has 13 heavy (non-hydrogen) atoms. The van der Waals surface area contributed by atoms with Gasteiger partial charge in [-0.15, -0.1) is 0 Å². The fourth-order valence-electron chi connectivity index (χ4n) is 1.33. The number of halogens is 1. The van der Waals surface area contributed by atoms with Gasteiger partial charge in [0.25, 0.3) is 0 Å². The van der Waals surface area contributed by atoms with E-state index in [1.165, 1.54) is 18.1 Å². The molecule has 0 aliphatic carbocycles. The number of hydrogen-bond donors (Lipinski definition) is 0. The zero-order chi connectivity index (χ0) is 10.5. The lowest BCUT2D eigenvalue weighted by atomic mass is 10.4. The molecule has 0 aromatic carbocycles. The average Bonchev–Trinajstić information content (AvgIpc) is 2.14. The van der Waals surface area contributed by atoms with Gasteiger partial charge >= 0.3 is 0 Å². The summed E-state index contributed by atoms with van der Waals surface area (Å²) < 4.78 is 6.04. The molecule has 0 saturated carbocycles. The van der Waals surface area contributed by atoms with Gasteiger partial charge in [0.05, 0.1) is 10.6 Å². The van der Waals surface area contributed by atoms with Crippen molar-refractivity contribution in [2.45, 2.75) is 50.7 Å². The number of hydrogen-bond acceptors (Lipinski definition) is 1. The van der Waals surface area contributed by atoms with Crippen LogP contribution in [0.1, 0.15) is 27.7 Å². The molecular formula is C10H21BrOSi. The Morgan fingerprint density at radius 3 is 1.92 bits per heavy atom. The van der Waals surface area contributed by atoms with Gasteiger partial charge in [0.2, 0.25) is 8.32 Å². The summed E-state index contributed by atoms with van der Waals surface area (Å²) in [7, 11) is -1.47. The van der Waals surface area contributed by atoms with E-state index < -0.39 is 8.32 Å². The van der Waals surface area contributed by atoms with Crippen LogP contribution in [0.25, 0.3) is 0 Å². The van der Waals surface area contributed by atoms with Gasteiger partial charge in [-0.1, -0.05) is 43.3 Å². The highest BCUT2D eigenvalue weighted by Crippen LogP contribution is 2.26. The molecule has 0 rings (SSSR count). The normalized spacial score (nSPS) is 13.9. The van der Waals surface area contributed by atoms with Crippen molar-refractivity contribution in [1.29, 1.82) is 0 Å². The van der Waals surface area contributed by atoms with E-state index in [1.54, 1.807) is 0 Å². The van der Waals surface area contributed by atoms with E-state index in [1.807, 2.05) is 0 Å². The second-order valence-electron chi connectivity index (χ2n) is 3.43. The maximum absolute atomic E-state index is 6.04. The Labute approximate surface area is 91.8 Å². The van der Waals surface area contributed by atoms with E-state index >= 15 is 0 Å². The Morgan fingerprint density at radius 1 is 1.31 bits per heavy atom. The number of alkyl halides is 1. The van der Waals surface area contributed by atoms with Gasteiger partial charge in [0, 0.05) is 0 Å². The summed E-state index contributed by atoms with van der Waals surface area (Å²) in [6.07, 6.45) is 0.